The van der Waals surface area contributed by atoms with Crippen molar-refractivity contribution < 1.29 is 76.4 Å². The highest BCUT2D eigenvalue weighted by Gasteiger charge is 2.34. The van der Waals surface area contributed by atoms with Crippen LogP contribution >= 0.6 is 15.9 Å². The van der Waals surface area contributed by atoms with Gasteiger partial charge >= 0.3 is 36.0 Å². The molecule has 1 aromatic rings. The molecule has 3 unspecified atom stereocenters. The second kappa shape index (κ2) is 38.8. The van der Waals surface area contributed by atoms with Crippen molar-refractivity contribution in [2.75, 3.05) is 19.6 Å². The van der Waals surface area contributed by atoms with E-state index >= 15 is 0 Å². The molecule has 0 saturated carbocycles. The molecular weight excluding hydrogens is 1190 g/mol. The molecule has 1 aromatic carbocycles. The van der Waals surface area contributed by atoms with Gasteiger partial charge in [-0.1, -0.05) is 47.3 Å². The van der Waals surface area contributed by atoms with E-state index in [1.165, 1.54) is 0 Å². The van der Waals surface area contributed by atoms with Crippen molar-refractivity contribution in [3.05, 3.63) is 34.3 Å². The maximum Gasteiger partial charge on any atom is 0.407 e. The first-order valence-electron chi connectivity index (χ1n) is 30.6. The van der Waals surface area contributed by atoms with Crippen molar-refractivity contribution in [2.24, 2.45) is 0 Å². The van der Waals surface area contributed by atoms with Gasteiger partial charge in [0.1, 0.15) is 46.1 Å². The van der Waals surface area contributed by atoms with Crippen molar-refractivity contribution in [1.82, 2.24) is 37.2 Å². The first kappa shape index (κ1) is 78.7. The van der Waals surface area contributed by atoms with Gasteiger partial charge in [0.2, 0.25) is 23.6 Å². The molecule has 7 N–H and O–H groups in total. The number of Topliss-reactive ketones (excluding diaryl/α,β-unsaturated/α-hetero) is 1. The highest BCUT2D eigenvalue weighted by atomic mass is 79.9. The van der Waals surface area contributed by atoms with Crippen LogP contribution in [0.5, 0.6) is 0 Å². The van der Waals surface area contributed by atoms with Crippen LogP contribution in [-0.2, 0) is 73.3 Å². The van der Waals surface area contributed by atoms with Gasteiger partial charge in [-0.05, 0) is 199 Å². The Morgan fingerprint density at radius 3 is 1.36 bits per heavy atom. The van der Waals surface area contributed by atoms with Crippen LogP contribution in [-0.4, -0.2) is 137 Å². The van der Waals surface area contributed by atoms with Gasteiger partial charge in [0.25, 0.3) is 5.78 Å². The Morgan fingerprint density at radius 1 is 0.402 bits per heavy atom. The van der Waals surface area contributed by atoms with E-state index in [0.29, 0.717) is 83.7 Å². The number of benzene rings is 1. The molecule has 0 aliphatic heterocycles. The summed E-state index contributed by atoms with van der Waals surface area (Å²) in [4.78, 5) is 144. The first-order chi connectivity index (χ1) is 40.2. The highest BCUT2D eigenvalue weighted by Crippen LogP contribution is 2.18. The van der Waals surface area contributed by atoms with Gasteiger partial charge in [-0.3, -0.25) is 28.8 Å². The number of halogens is 1. The number of carbonyl (C=O) groups excluding carboxylic acids is 11. The van der Waals surface area contributed by atoms with Crippen LogP contribution in [0.15, 0.2) is 28.7 Å². The molecule has 0 radical (unpaired) electrons. The quantitative estimate of drug-likeness (QED) is 0.0142. The van der Waals surface area contributed by atoms with Crippen molar-refractivity contribution >= 4 is 81.3 Å². The predicted octanol–water partition coefficient (Wildman–Crippen LogP) is 8.71. The maximum absolute atomic E-state index is 14.0. The lowest BCUT2D eigenvalue weighted by Crippen LogP contribution is -2.53. The summed E-state index contributed by atoms with van der Waals surface area (Å²) >= 11 is 3.42. The number of ether oxygens (including phenoxy) is 5. The fourth-order valence-electron chi connectivity index (χ4n) is 8.21. The van der Waals surface area contributed by atoms with E-state index in [-0.39, 0.29) is 63.3 Å². The molecule has 0 aliphatic rings. The second-order valence-corrected chi connectivity index (χ2v) is 27.5. The number of hydrogen-bond donors (Lipinski definition) is 7. The highest BCUT2D eigenvalue weighted by molar-refractivity contribution is 9.10. The fraction of sp³-hybridized carbons (Fsp3) is 0.730. The number of aryl methyl sites for hydroxylation is 1. The number of urea groups is 1. The number of nitrogens with one attached hydrogen (secondary N) is 7. The number of unbranched alkanes of at least 4 members (excludes halogenated alkanes) is 6. The van der Waals surface area contributed by atoms with Gasteiger partial charge in [-0.15, -0.1) is 0 Å². The zero-order chi connectivity index (χ0) is 66.2. The molecule has 0 aromatic heterocycles. The van der Waals surface area contributed by atoms with Crippen LogP contribution in [0.1, 0.15) is 225 Å². The molecule has 0 heterocycles. The molecule has 0 spiro atoms. The minimum absolute atomic E-state index is 0.0572. The Hall–Kier alpha value is -6.33. The molecule has 494 valence electrons. The second-order valence-electron chi connectivity index (χ2n) is 26.6. The number of ketones is 1. The van der Waals surface area contributed by atoms with E-state index < -0.39 is 106 Å². The number of esters is 4. The molecule has 24 heteroatoms. The van der Waals surface area contributed by atoms with E-state index in [1.54, 1.807) is 104 Å². The predicted molar refractivity (Wildman–Crippen MR) is 333 cm³/mol. The molecule has 23 nitrogen and oxygen atoms in total. The summed E-state index contributed by atoms with van der Waals surface area (Å²) < 4.78 is 28.0. The summed E-state index contributed by atoms with van der Waals surface area (Å²) in [5.74, 6) is -5.83. The monoisotopic (exact) mass is 1290 g/mol. The lowest BCUT2D eigenvalue weighted by Gasteiger charge is -2.27. The van der Waals surface area contributed by atoms with Crippen LogP contribution in [0.4, 0.5) is 9.59 Å². The third-order valence-electron chi connectivity index (χ3n) is 12.1. The summed E-state index contributed by atoms with van der Waals surface area (Å²) in [5, 5.41) is 18.9. The smallest absolute Gasteiger partial charge is 0.407 e. The first-order valence-corrected chi connectivity index (χ1v) is 31.4. The number of hydrogen-bond acceptors (Lipinski definition) is 16. The Balaban J connectivity index is 2.91. The number of amides is 7. The van der Waals surface area contributed by atoms with Crippen LogP contribution < -0.4 is 37.2 Å². The number of rotatable bonds is 37. The van der Waals surface area contributed by atoms with Gasteiger partial charge in [0.05, 0.1) is 6.04 Å². The molecule has 7 amide bonds. The topological polar surface area (TPSA) is 318 Å². The van der Waals surface area contributed by atoms with E-state index in [1.807, 2.05) is 24.3 Å². The van der Waals surface area contributed by atoms with E-state index in [4.69, 9.17) is 23.7 Å². The molecule has 0 fully saturated rings. The largest absolute Gasteiger partial charge is 0.460 e. The molecule has 4 atom stereocenters. The van der Waals surface area contributed by atoms with Crippen molar-refractivity contribution in [3.8, 4) is 0 Å². The normalized spacial score (nSPS) is 13.2. The van der Waals surface area contributed by atoms with Crippen LogP contribution in [0.25, 0.3) is 0 Å². The molecule has 0 aliphatic carbocycles. The average molecular weight is 1300 g/mol. The fourth-order valence-corrected chi connectivity index (χ4v) is 8.47. The van der Waals surface area contributed by atoms with Crippen LogP contribution in [0, 0.1) is 0 Å². The standard InChI is InChI=1S/C63H104BrN7O16/c1-59(2,3)83-51(75)38-36-47(55(79)85-61(7,8)9)71-57(81)70-46(54(78)84-60(4,5)6)35-37-49(73)66-39-22-18-16-17-19-29-50(74)68-45(28-21-24-41-67-58(82)87-63(13,14)15)53(77)69-44(52(76)56(80)86-62(10,11)12)27-20-23-40-65-48(72)30-25-26-42-31-33-43(64)34-32-42/h31-34,44-47H,16-30,35-41H2,1-15H3,(H,65,72)(H,66,73)(H,67,82)(H,68,74)(H,69,77)(H2,70,71,81)/t44-,45?,46?,47?/m0/s1. The third kappa shape index (κ3) is 41.5. The summed E-state index contributed by atoms with van der Waals surface area (Å²) in [6.45, 7) is 26.0. The molecular formula is C63H104BrN7O16. The van der Waals surface area contributed by atoms with Gasteiger partial charge < -0.3 is 60.9 Å². The Kier molecular flexibility index (Phi) is 35.1. The van der Waals surface area contributed by atoms with E-state index in [2.05, 4.69) is 53.1 Å². The zero-order valence-corrected chi connectivity index (χ0v) is 56.2. The van der Waals surface area contributed by atoms with Crippen LogP contribution in [0.3, 0.4) is 0 Å². The number of alkyl carbamates (subject to hydrolysis) is 1. The zero-order valence-electron chi connectivity index (χ0n) is 54.6. The molecule has 87 heavy (non-hydrogen) atoms. The van der Waals surface area contributed by atoms with E-state index in [9.17, 15) is 52.7 Å². The summed E-state index contributed by atoms with van der Waals surface area (Å²) in [7, 11) is 0. The summed E-state index contributed by atoms with van der Waals surface area (Å²) in [5.41, 5.74) is -3.18. The van der Waals surface area contributed by atoms with Gasteiger partial charge in [0, 0.05) is 49.8 Å². The Morgan fingerprint density at radius 2 is 0.839 bits per heavy atom. The average Bonchev–Trinajstić information content (AvgIpc) is 3.43. The molecule has 1 rings (SSSR count). The van der Waals surface area contributed by atoms with Crippen molar-refractivity contribution in [3.63, 3.8) is 0 Å². The summed E-state index contributed by atoms with van der Waals surface area (Å²) in [6.07, 6.45) is 5.52. The Labute approximate surface area is 524 Å². The maximum atomic E-state index is 14.0. The van der Waals surface area contributed by atoms with Gasteiger partial charge in [-0.25, -0.2) is 24.0 Å². The van der Waals surface area contributed by atoms with Gasteiger partial charge in [0.15, 0.2) is 0 Å². The number of carbonyl (C=O) groups is 11. The van der Waals surface area contributed by atoms with Crippen LogP contribution in [0.2, 0.25) is 0 Å². The van der Waals surface area contributed by atoms with E-state index in [0.717, 1.165) is 16.5 Å². The van der Waals surface area contributed by atoms with Crippen molar-refractivity contribution in [1.29, 1.82) is 0 Å². The molecule has 0 bridgehead atoms. The molecule has 0 saturated heterocycles. The van der Waals surface area contributed by atoms with Gasteiger partial charge in [-0.2, -0.15) is 0 Å². The Bertz CT molecular complexity index is 2380. The minimum Gasteiger partial charge on any atom is -0.460 e. The minimum atomic E-state index is -1.28. The lowest BCUT2D eigenvalue weighted by atomic mass is 10.0. The van der Waals surface area contributed by atoms with Crippen molar-refractivity contribution in [2.45, 2.75) is 278 Å². The lowest BCUT2D eigenvalue weighted by molar-refractivity contribution is -0.163. The third-order valence-corrected chi connectivity index (χ3v) is 12.6. The summed E-state index contributed by atoms with van der Waals surface area (Å²) in [6, 6.07) is 2.04. The SMILES string of the molecule is CC(C)(C)OC(=O)CCC(NC(=O)NC(CCC(=O)NCCCCCCCC(=O)NC(CCCCNC(=O)OC(C)(C)C)C(=O)N[C@@H](CCCCNC(=O)CCCc1ccc(Br)cc1)C(=O)C(=O)OC(C)(C)C)C(=O)OC(C)(C)C)C(=O)OC(C)(C)C.